The summed E-state index contributed by atoms with van der Waals surface area (Å²) in [5, 5.41) is 5.29. The van der Waals surface area contributed by atoms with Crippen LogP contribution in [0.25, 0.3) is 0 Å². The lowest BCUT2D eigenvalue weighted by Crippen LogP contribution is -2.46. The van der Waals surface area contributed by atoms with Crippen LogP contribution in [0.2, 0.25) is 0 Å². The second-order valence-corrected chi connectivity index (χ2v) is 5.86. The van der Waals surface area contributed by atoms with Gasteiger partial charge in [0, 0.05) is 5.54 Å². The van der Waals surface area contributed by atoms with Crippen LogP contribution in [-0.4, -0.2) is 30.5 Å². The largest absolute Gasteiger partial charge is 0.484 e. The monoisotopic (exact) mass is 292 g/mol. The van der Waals surface area contributed by atoms with E-state index in [9.17, 15) is 9.59 Å². The summed E-state index contributed by atoms with van der Waals surface area (Å²) in [6.07, 6.45) is 0.962. The summed E-state index contributed by atoms with van der Waals surface area (Å²) in [5.41, 5.74) is 0.907. The van der Waals surface area contributed by atoms with Gasteiger partial charge >= 0.3 is 0 Å². The maximum Gasteiger partial charge on any atom is 0.258 e. The van der Waals surface area contributed by atoms with Crippen molar-refractivity contribution < 1.29 is 14.3 Å². The molecule has 0 atom stereocenters. The summed E-state index contributed by atoms with van der Waals surface area (Å²) >= 11 is 0. The molecule has 0 heterocycles. The van der Waals surface area contributed by atoms with E-state index in [2.05, 4.69) is 17.6 Å². The van der Waals surface area contributed by atoms with Crippen molar-refractivity contribution in [2.45, 2.75) is 39.7 Å². The van der Waals surface area contributed by atoms with Crippen LogP contribution in [0.4, 0.5) is 0 Å². The third kappa shape index (κ3) is 7.34. The van der Waals surface area contributed by atoms with E-state index in [4.69, 9.17) is 4.74 Å². The predicted molar refractivity (Wildman–Crippen MR) is 82.2 cm³/mol. The number of benzene rings is 1. The number of carbonyl (C=O) groups is 2. The Hall–Kier alpha value is -2.04. The Balaban J connectivity index is 2.29. The normalized spacial score (nSPS) is 10.9. The number of carbonyl (C=O) groups excluding carboxylic acids is 2. The van der Waals surface area contributed by atoms with Gasteiger partial charge in [-0.3, -0.25) is 9.59 Å². The van der Waals surface area contributed by atoms with E-state index >= 15 is 0 Å². The van der Waals surface area contributed by atoms with Crippen molar-refractivity contribution in [3.63, 3.8) is 0 Å². The van der Waals surface area contributed by atoms with Crippen LogP contribution < -0.4 is 15.4 Å². The van der Waals surface area contributed by atoms with Crippen LogP contribution in [0.15, 0.2) is 24.3 Å². The number of amides is 2. The molecule has 1 rings (SSSR count). The molecular weight excluding hydrogens is 268 g/mol. The summed E-state index contributed by atoms with van der Waals surface area (Å²) < 4.78 is 5.36. The van der Waals surface area contributed by atoms with Gasteiger partial charge in [-0.05, 0) is 44.9 Å². The molecule has 1 aromatic carbocycles. The number of hydrogen-bond donors (Lipinski definition) is 2. The average Bonchev–Trinajstić information content (AvgIpc) is 2.41. The summed E-state index contributed by atoms with van der Waals surface area (Å²) in [7, 11) is 0. The van der Waals surface area contributed by atoms with Gasteiger partial charge in [-0.15, -0.1) is 0 Å². The lowest BCUT2D eigenvalue weighted by atomic mass is 10.1. The van der Waals surface area contributed by atoms with E-state index in [1.165, 1.54) is 5.56 Å². The Kier molecular flexibility index (Phi) is 6.21. The smallest absolute Gasteiger partial charge is 0.258 e. The highest BCUT2D eigenvalue weighted by Gasteiger charge is 2.14. The maximum absolute atomic E-state index is 11.6. The second-order valence-electron chi connectivity index (χ2n) is 5.86. The molecule has 0 aliphatic rings. The topological polar surface area (TPSA) is 67.4 Å². The van der Waals surface area contributed by atoms with E-state index in [1.807, 2.05) is 45.0 Å². The molecule has 116 valence electrons. The molecule has 0 aliphatic carbocycles. The lowest BCUT2D eigenvalue weighted by Gasteiger charge is -2.20. The molecule has 0 saturated heterocycles. The highest BCUT2D eigenvalue weighted by atomic mass is 16.5. The molecule has 0 aliphatic heterocycles. The molecular formula is C16H24N2O3. The predicted octanol–water partition coefficient (Wildman–Crippen LogP) is 1.66. The van der Waals surface area contributed by atoms with Gasteiger partial charge in [-0.25, -0.2) is 0 Å². The second kappa shape index (κ2) is 7.67. The highest BCUT2D eigenvalue weighted by Crippen LogP contribution is 2.12. The molecule has 21 heavy (non-hydrogen) atoms. The zero-order valence-electron chi connectivity index (χ0n) is 13.2. The Bertz CT molecular complexity index is 475. The standard InChI is InChI=1S/C16H24N2O3/c1-5-12-6-8-13(9-7-12)21-11-15(20)17-10-14(19)18-16(2,3)4/h6-9H,5,10-11H2,1-4H3,(H,17,20)(H,18,19). The molecule has 0 unspecified atom stereocenters. The van der Waals surface area contributed by atoms with Crippen molar-refractivity contribution >= 4 is 11.8 Å². The third-order valence-electron chi connectivity index (χ3n) is 2.66. The van der Waals surface area contributed by atoms with Crippen molar-refractivity contribution in [2.24, 2.45) is 0 Å². The van der Waals surface area contributed by atoms with Crippen molar-refractivity contribution in [2.75, 3.05) is 13.2 Å². The zero-order valence-corrected chi connectivity index (χ0v) is 13.2. The SMILES string of the molecule is CCc1ccc(OCC(=O)NCC(=O)NC(C)(C)C)cc1. The first-order valence-corrected chi connectivity index (χ1v) is 7.09. The van der Waals surface area contributed by atoms with Crippen LogP contribution in [0, 0.1) is 0 Å². The van der Waals surface area contributed by atoms with Crippen LogP contribution in [-0.2, 0) is 16.0 Å². The Morgan fingerprint density at radius 3 is 2.24 bits per heavy atom. The quantitative estimate of drug-likeness (QED) is 0.838. The molecule has 0 spiro atoms. The lowest BCUT2D eigenvalue weighted by molar-refractivity contribution is -0.127. The van der Waals surface area contributed by atoms with Crippen LogP contribution in [0.1, 0.15) is 33.3 Å². The van der Waals surface area contributed by atoms with Crippen molar-refractivity contribution in [1.82, 2.24) is 10.6 Å². The molecule has 2 amide bonds. The summed E-state index contributed by atoms with van der Waals surface area (Å²) in [6, 6.07) is 7.59. The van der Waals surface area contributed by atoms with Crippen LogP contribution >= 0.6 is 0 Å². The average molecular weight is 292 g/mol. The molecule has 1 aromatic rings. The van der Waals surface area contributed by atoms with Crippen molar-refractivity contribution in [1.29, 1.82) is 0 Å². The Morgan fingerprint density at radius 2 is 1.71 bits per heavy atom. The van der Waals surface area contributed by atoms with Gasteiger partial charge in [0.1, 0.15) is 5.75 Å². The number of ether oxygens (including phenoxy) is 1. The minimum absolute atomic E-state index is 0.0474. The molecule has 0 saturated carbocycles. The molecule has 2 N–H and O–H groups in total. The molecule has 0 radical (unpaired) electrons. The number of nitrogens with one attached hydrogen (secondary N) is 2. The van der Waals surface area contributed by atoms with Crippen molar-refractivity contribution in [3.8, 4) is 5.75 Å². The van der Waals surface area contributed by atoms with E-state index < -0.39 is 0 Å². The van der Waals surface area contributed by atoms with E-state index in [1.54, 1.807) is 0 Å². The van der Waals surface area contributed by atoms with E-state index in [-0.39, 0.29) is 30.5 Å². The summed E-state index contributed by atoms with van der Waals surface area (Å²) in [4.78, 5) is 23.1. The minimum Gasteiger partial charge on any atom is -0.484 e. The fourth-order valence-corrected chi connectivity index (χ4v) is 1.66. The maximum atomic E-state index is 11.6. The van der Waals surface area contributed by atoms with Gasteiger partial charge in [-0.2, -0.15) is 0 Å². The molecule has 5 heteroatoms. The van der Waals surface area contributed by atoms with Crippen molar-refractivity contribution in [3.05, 3.63) is 29.8 Å². The Labute approximate surface area is 126 Å². The third-order valence-corrected chi connectivity index (χ3v) is 2.66. The highest BCUT2D eigenvalue weighted by molar-refractivity contribution is 5.85. The fourth-order valence-electron chi connectivity index (χ4n) is 1.66. The first kappa shape index (κ1) is 17.0. The van der Waals surface area contributed by atoms with E-state index in [0.717, 1.165) is 6.42 Å². The number of aryl methyl sites for hydroxylation is 1. The van der Waals surface area contributed by atoms with Crippen LogP contribution in [0.5, 0.6) is 5.75 Å². The van der Waals surface area contributed by atoms with Gasteiger partial charge in [0.25, 0.3) is 5.91 Å². The molecule has 0 bridgehead atoms. The Morgan fingerprint density at radius 1 is 1.10 bits per heavy atom. The minimum atomic E-state index is -0.321. The first-order valence-electron chi connectivity index (χ1n) is 7.09. The van der Waals surface area contributed by atoms with Gasteiger partial charge in [0.05, 0.1) is 6.54 Å². The number of hydrogen-bond acceptors (Lipinski definition) is 3. The summed E-state index contributed by atoms with van der Waals surface area (Å²) in [6.45, 7) is 7.58. The molecule has 5 nitrogen and oxygen atoms in total. The van der Waals surface area contributed by atoms with E-state index in [0.29, 0.717) is 5.75 Å². The zero-order chi connectivity index (χ0) is 15.9. The first-order chi connectivity index (χ1) is 9.80. The molecule has 0 aromatic heterocycles. The van der Waals surface area contributed by atoms with Gasteiger partial charge in [-0.1, -0.05) is 19.1 Å². The van der Waals surface area contributed by atoms with Gasteiger partial charge < -0.3 is 15.4 Å². The molecule has 0 fully saturated rings. The number of rotatable bonds is 6. The van der Waals surface area contributed by atoms with Crippen LogP contribution in [0.3, 0.4) is 0 Å². The summed E-state index contributed by atoms with van der Waals surface area (Å²) in [5.74, 6) is 0.100. The van der Waals surface area contributed by atoms with Gasteiger partial charge in [0.2, 0.25) is 5.91 Å². The fraction of sp³-hybridized carbons (Fsp3) is 0.500. The van der Waals surface area contributed by atoms with Gasteiger partial charge in [0.15, 0.2) is 6.61 Å².